The van der Waals surface area contributed by atoms with Gasteiger partial charge in [-0.2, -0.15) is 0 Å². The Morgan fingerprint density at radius 3 is 2.27 bits per heavy atom. The van der Waals surface area contributed by atoms with Crippen molar-refractivity contribution < 1.29 is 19.2 Å². The summed E-state index contributed by atoms with van der Waals surface area (Å²) in [4.78, 5) is 35.1. The van der Waals surface area contributed by atoms with Crippen LogP contribution in [0.1, 0.15) is 15.9 Å². The molecule has 8 heteroatoms. The smallest absolute Gasteiger partial charge is 0.341 e. The molecule has 3 aromatic carbocycles. The van der Waals surface area contributed by atoms with E-state index in [4.69, 9.17) is 4.74 Å². The quantitative estimate of drug-likeness (QED) is 0.333. The summed E-state index contributed by atoms with van der Waals surface area (Å²) >= 11 is 0. The minimum absolute atomic E-state index is 0.0207. The van der Waals surface area contributed by atoms with Gasteiger partial charge in [0.15, 0.2) is 6.61 Å². The van der Waals surface area contributed by atoms with Crippen LogP contribution in [0, 0.1) is 10.1 Å². The summed E-state index contributed by atoms with van der Waals surface area (Å²) in [5, 5.41) is 16.8. The van der Waals surface area contributed by atoms with E-state index in [-0.39, 0.29) is 11.3 Å². The van der Waals surface area contributed by atoms with Crippen LogP contribution in [0.25, 0.3) is 0 Å². The zero-order chi connectivity index (χ0) is 21.3. The van der Waals surface area contributed by atoms with E-state index >= 15 is 0 Å². The second-order valence-electron chi connectivity index (χ2n) is 6.32. The monoisotopic (exact) mass is 405 g/mol. The number of non-ortho nitro benzene ring substituents is 1. The Kier molecular flexibility index (Phi) is 6.73. The number of para-hydroxylation sites is 1. The Morgan fingerprint density at radius 2 is 1.60 bits per heavy atom. The van der Waals surface area contributed by atoms with Crippen LogP contribution in [0.15, 0.2) is 78.9 Å². The number of hydrogen-bond donors (Lipinski definition) is 2. The maximum Gasteiger partial charge on any atom is 0.341 e. The number of rotatable bonds is 8. The van der Waals surface area contributed by atoms with Gasteiger partial charge in [0, 0.05) is 30.1 Å². The van der Waals surface area contributed by atoms with Gasteiger partial charge in [0.05, 0.1) is 10.5 Å². The zero-order valence-electron chi connectivity index (χ0n) is 15.9. The number of amides is 1. The third kappa shape index (κ3) is 5.65. The van der Waals surface area contributed by atoms with Crippen LogP contribution in [0.5, 0.6) is 0 Å². The van der Waals surface area contributed by atoms with Crippen molar-refractivity contribution in [3.05, 3.63) is 100 Å². The van der Waals surface area contributed by atoms with Crippen molar-refractivity contribution in [3.8, 4) is 0 Å². The van der Waals surface area contributed by atoms with Gasteiger partial charge in [0.2, 0.25) is 0 Å². The maximum atomic E-state index is 12.5. The average Bonchev–Trinajstić information content (AvgIpc) is 2.77. The van der Waals surface area contributed by atoms with Gasteiger partial charge in [-0.25, -0.2) is 4.79 Å². The molecule has 0 unspecified atom stereocenters. The van der Waals surface area contributed by atoms with E-state index in [0.717, 1.165) is 11.6 Å². The molecular weight excluding hydrogens is 386 g/mol. The molecule has 0 fully saturated rings. The van der Waals surface area contributed by atoms with Crippen LogP contribution in [0.3, 0.4) is 0 Å². The van der Waals surface area contributed by atoms with E-state index < -0.39 is 23.4 Å². The molecule has 3 rings (SSSR count). The molecule has 0 atom stereocenters. The van der Waals surface area contributed by atoms with Crippen molar-refractivity contribution in [2.75, 3.05) is 17.2 Å². The first-order valence-corrected chi connectivity index (χ1v) is 9.11. The van der Waals surface area contributed by atoms with Gasteiger partial charge in [-0.3, -0.25) is 14.9 Å². The molecule has 2 N–H and O–H groups in total. The lowest BCUT2D eigenvalue weighted by molar-refractivity contribution is -0.384. The highest BCUT2D eigenvalue weighted by molar-refractivity contribution is 5.99. The predicted molar refractivity (Wildman–Crippen MR) is 112 cm³/mol. The molecule has 0 radical (unpaired) electrons. The van der Waals surface area contributed by atoms with E-state index in [1.807, 2.05) is 36.4 Å². The van der Waals surface area contributed by atoms with Crippen LogP contribution in [-0.2, 0) is 16.1 Å². The highest BCUT2D eigenvalue weighted by atomic mass is 16.6. The predicted octanol–water partition coefficient (Wildman–Crippen LogP) is 4.00. The van der Waals surface area contributed by atoms with Crippen LogP contribution in [0.4, 0.5) is 17.1 Å². The summed E-state index contributed by atoms with van der Waals surface area (Å²) < 4.78 is 5.08. The van der Waals surface area contributed by atoms with Gasteiger partial charge in [0.25, 0.3) is 11.6 Å². The minimum atomic E-state index is -0.836. The van der Waals surface area contributed by atoms with Crippen LogP contribution in [0.2, 0.25) is 0 Å². The SMILES string of the molecule is O=C(COC(=O)c1cc([N+](=O)[O-])ccc1NCc1ccccc1)Nc1ccccc1. The number of nitrogens with one attached hydrogen (secondary N) is 2. The molecule has 152 valence electrons. The lowest BCUT2D eigenvalue weighted by Crippen LogP contribution is -2.21. The zero-order valence-corrected chi connectivity index (χ0v) is 15.9. The second-order valence-corrected chi connectivity index (χ2v) is 6.32. The number of carbonyl (C=O) groups excluding carboxylic acids is 2. The number of nitrogens with zero attached hydrogens (tertiary/aromatic N) is 1. The molecule has 0 aliphatic rings. The summed E-state index contributed by atoms with van der Waals surface area (Å²) in [6.45, 7) is -0.109. The molecule has 0 saturated carbocycles. The number of carbonyl (C=O) groups is 2. The molecule has 30 heavy (non-hydrogen) atoms. The van der Waals surface area contributed by atoms with Gasteiger partial charge in [-0.15, -0.1) is 0 Å². The van der Waals surface area contributed by atoms with Crippen LogP contribution >= 0.6 is 0 Å². The highest BCUT2D eigenvalue weighted by Crippen LogP contribution is 2.24. The van der Waals surface area contributed by atoms with Gasteiger partial charge in [0.1, 0.15) is 0 Å². The first-order chi connectivity index (χ1) is 14.5. The molecule has 0 aromatic heterocycles. The molecule has 0 aliphatic carbocycles. The van der Waals surface area contributed by atoms with Crippen molar-refractivity contribution in [1.82, 2.24) is 0 Å². The number of benzene rings is 3. The first-order valence-electron chi connectivity index (χ1n) is 9.11. The third-order valence-electron chi connectivity index (χ3n) is 4.15. The van der Waals surface area contributed by atoms with Crippen molar-refractivity contribution in [2.45, 2.75) is 6.54 Å². The average molecular weight is 405 g/mol. The molecule has 0 heterocycles. The lowest BCUT2D eigenvalue weighted by Gasteiger charge is -2.12. The fraction of sp³-hybridized carbons (Fsp3) is 0.0909. The fourth-order valence-electron chi connectivity index (χ4n) is 2.69. The fourth-order valence-corrected chi connectivity index (χ4v) is 2.69. The third-order valence-corrected chi connectivity index (χ3v) is 4.15. The summed E-state index contributed by atoms with van der Waals surface area (Å²) in [5.41, 5.74) is 1.64. The van der Waals surface area contributed by atoms with Crippen molar-refractivity contribution >= 4 is 28.9 Å². The van der Waals surface area contributed by atoms with Gasteiger partial charge in [-0.05, 0) is 23.8 Å². The Bertz CT molecular complexity index is 1040. The summed E-state index contributed by atoms with van der Waals surface area (Å²) in [6.07, 6.45) is 0. The highest BCUT2D eigenvalue weighted by Gasteiger charge is 2.19. The first kappa shape index (κ1) is 20.5. The van der Waals surface area contributed by atoms with E-state index in [0.29, 0.717) is 17.9 Å². The molecule has 0 aliphatic heterocycles. The number of anilines is 2. The van der Waals surface area contributed by atoms with Crippen molar-refractivity contribution in [2.24, 2.45) is 0 Å². The molecule has 1 amide bonds. The molecule has 8 nitrogen and oxygen atoms in total. The molecule has 3 aromatic rings. The topological polar surface area (TPSA) is 111 Å². The van der Waals surface area contributed by atoms with Crippen LogP contribution < -0.4 is 10.6 Å². The number of hydrogen-bond acceptors (Lipinski definition) is 6. The minimum Gasteiger partial charge on any atom is -0.452 e. The van der Waals surface area contributed by atoms with Gasteiger partial charge < -0.3 is 15.4 Å². The Hall–Kier alpha value is -4.20. The number of nitro benzene ring substituents is 1. The van der Waals surface area contributed by atoms with Gasteiger partial charge >= 0.3 is 5.97 Å². The standard InChI is InChI=1S/C22H19N3O5/c26-21(24-17-9-5-2-6-10-17)15-30-22(27)19-13-18(25(28)29)11-12-20(19)23-14-16-7-3-1-4-8-16/h1-13,23H,14-15H2,(H,24,26). The lowest BCUT2D eigenvalue weighted by atomic mass is 10.1. The van der Waals surface area contributed by atoms with E-state index in [1.165, 1.54) is 12.1 Å². The summed E-state index contributed by atoms with van der Waals surface area (Å²) in [7, 11) is 0. The summed E-state index contributed by atoms with van der Waals surface area (Å²) in [6, 6.07) is 22.1. The maximum absolute atomic E-state index is 12.5. The van der Waals surface area contributed by atoms with E-state index in [9.17, 15) is 19.7 Å². The van der Waals surface area contributed by atoms with Crippen molar-refractivity contribution in [3.63, 3.8) is 0 Å². The number of ether oxygens (including phenoxy) is 1. The molecule has 0 spiro atoms. The second kappa shape index (κ2) is 9.83. The Morgan fingerprint density at radius 1 is 0.933 bits per heavy atom. The number of esters is 1. The Labute approximate surface area is 172 Å². The summed E-state index contributed by atoms with van der Waals surface area (Å²) in [5.74, 6) is -1.35. The van der Waals surface area contributed by atoms with E-state index in [1.54, 1.807) is 24.3 Å². The molecule has 0 bridgehead atoms. The Balaban J connectivity index is 1.69. The van der Waals surface area contributed by atoms with E-state index in [2.05, 4.69) is 10.6 Å². The van der Waals surface area contributed by atoms with Crippen molar-refractivity contribution in [1.29, 1.82) is 0 Å². The normalized spacial score (nSPS) is 10.1. The van der Waals surface area contributed by atoms with Gasteiger partial charge in [-0.1, -0.05) is 48.5 Å². The molecular formula is C22H19N3O5. The molecule has 0 saturated heterocycles. The van der Waals surface area contributed by atoms with Crippen LogP contribution in [-0.4, -0.2) is 23.4 Å². The number of nitro groups is 1. The largest absolute Gasteiger partial charge is 0.452 e.